The number of esters is 1. The van der Waals surface area contributed by atoms with Gasteiger partial charge in [-0.15, -0.1) is 24.9 Å². The van der Waals surface area contributed by atoms with Crippen molar-refractivity contribution in [3.63, 3.8) is 0 Å². The maximum absolute atomic E-state index is 14.4. The van der Waals surface area contributed by atoms with Gasteiger partial charge in [-0.05, 0) is 38.0 Å². The smallest absolute Gasteiger partial charge is 0.310 e. The molecule has 2 amide bonds. The molecule has 0 aliphatic carbocycles. The number of likely N-dealkylation sites (tertiary alicyclic amines) is 1. The van der Waals surface area contributed by atoms with E-state index in [0.717, 1.165) is 38.5 Å². The summed E-state index contributed by atoms with van der Waals surface area (Å²) < 4.78 is 4.97. The summed E-state index contributed by atoms with van der Waals surface area (Å²) in [5.41, 5.74) is 0. The molecule has 3 saturated heterocycles. The Labute approximate surface area is 240 Å². The molecule has 1 spiro atoms. The van der Waals surface area contributed by atoms with Gasteiger partial charge in [-0.25, -0.2) is 0 Å². The second-order valence-corrected chi connectivity index (χ2v) is 13.6. The number of thioether (sulfide) groups is 1. The molecule has 3 rings (SSSR count). The van der Waals surface area contributed by atoms with E-state index < -0.39 is 28.7 Å². The van der Waals surface area contributed by atoms with E-state index in [0.29, 0.717) is 26.1 Å². The van der Waals surface area contributed by atoms with Gasteiger partial charge in [-0.2, -0.15) is 0 Å². The first kappa shape index (κ1) is 31.2. The molecule has 9 heteroatoms. The van der Waals surface area contributed by atoms with Gasteiger partial charge in [0.1, 0.15) is 6.04 Å². The first-order chi connectivity index (χ1) is 18.2. The Morgan fingerprint density at radius 3 is 2.63 bits per heavy atom. The molecule has 3 heterocycles. The number of aliphatic hydroxyl groups is 1. The zero-order chi connectivity index (χ0) is 28.0. The molecule has 0 aromatic heterocycles. The number of nitrogens with zero attached hydrogens (tertiary/aromatic N) is 2. The average Bonchev–Trinajstić information content (AvgIpc) is 3.50. The number of hydrogen-bond acceptors (Lipinski definition) is 6. The van der Waals surface area contributed by atoms with Crippen molar-refractivity contribution in [3.05, 3.63) is 25.3 Å². The lowest BCUT2D eigenvalue weighted by molar-refractivity contribution is -0.155. The number of carbonyl (C=O) groups is 3. The molecule has 214 valence electrons. The van der Waals surface area contributed by atoms with E-state index in [2.05, 4.69) is 36.0 Å². The first-order valence-electron chi connectivity index (χ1n) is 14.2. The Hall–Kier alpha value is -1.32. The van der Waals surface area contributed by atoms with Gasteiger partial charge in [0.05, 0.1) is 35.8 Å². The first-order valence-corrected chi connectivity index (χ1v) is 16.0. The number of unbranched alkanes of at least 4 members (excludes halogenated alkanes) is 3. The fourth-order valence-corrected chi connectivity index (χ4v) is 10.00. The fraction of sp³-hybridized carbons (Fsp3) is 0.759. The summed E-state index contributed by atoms with van der Waals surface area (Å²) >= 11 is 5.41. The lowest BCUT2D eigenvalue weighted by Crippen LogP contribution is -2.59. The number of allylic oxidation sites excluding steroid dienone is 1. The molecule has 1 N–H and O–H groups in total. The second kappa shape index (κ2) is 13.8. The van der Waals surface area contributed by atoms with E-state index in [4.69, 9.17) is 4.74 Å². The van der Waals surface area contributed by atoms with Crippen LogP contribution in [0.2, 0.25) is 0 Å². The van der Waals surface area contributed by atoms with E-state index in [1.54, 1.807) is 27.6 Å². The number of rotatable bonds is 16. The van der Waals surface area contributed by atoms with E-state index in [1.165, 1.54) is 0 Å². The van der Waals surface area contributed by atoms with E-state index in [-0.39, 0.29) is 40.4 Å². The summed E-state index contributed by atoms with van der Waals surface area (Å²) in [6, 6.07) is -1.24. The van der Waals surface area contributed by atoms with Crippen LogP contribution in [0.5, 0.6) is 0 Å². The zero-order valence-corrected chi connectivity index (χ0v) is 25.6. The van der Waals surface area contributed by atoms with E-state index in [1.807, 2.05) is 19.9 Å². The van der Waals surface area contributed by atoms with E-state index >= 15 is 0 Å². The summed E-state index contributed by atoms with van der Waals surface area (Å²) in [4.78, 5) is 45.6. The van der Waals surface area contributed by atoms with Crippen molar-refractivity contribution >= 4 is 45.5 Å². The average molecular weight is 614 g/mol. The maximum atomic E-state index is 14.4. The highest BCUT2D eigenvalue weighted by atomic mass is 79.9. The molecule has 3 unspecified atom stereocenters. The third-order valence-electron chi connectivity index (χ3n) is 8.57. The van der Waals surface area contributed by atoms with Crippen LogP contribution in [0.15, 0.2) is 25.3 Å². The van der Waals surface area contributed by atoms with Gasteiger partial charge >= 0.3 is 5.97 Å². The van der Waals surface area contributed by atoms with Crippen LogP contribution < -0.4 is 0 Å². The molecular weight excluding hydrogens is 568 g/mol. The van der Waals surface area contributed by atoms with Gasteiger partial charge in [0.2, 0.25) is 11.8 Å². The van der Waals surface area contributed by atoms with Crippen LogP contribution in [0.1, 0.15) is 65.7 Å². The third kappa shape index (κ3) is 5.75. The Balaban J connectivity index is 2.01. The number of alkyl halides is 1. The fourth-order valence-electron chi connectivity index (χ4n) is 6.42. The summed E-state index contributed by atoms with van der Waals surface area (Å²) in [6.45, 7) is 14.8. The molecule has 3 fully saturated rings. The van der Waals surface area contributed by atoms with Crippen LogP contribution in [0, 0.1) is 17.8 Å². The number of aliphatic hydroxyl groups excluding tert-OH is 1. The Bertz CT molecular complexity index is 887. The number of ether oxygens (including phenoxy) is 1. The number of hydrogen-bond donors (Lipinski definition) is 1. The van der Waals surface area contributed by atoms with Crippen molar-refractivity contribution in [2.75, 3.05) is 26.3 Å². The Morgan fingerprint density at radius 1 is 1.29 bits per heavy atom. The number of fused-ring (bicyclic) bond motifs is 1. The minimum atomic E-state index is -0.747. The number of carbonyl (C=O) groups excluding carboxylic acids is 3. The minimum absolute atomic E-state index is 0.00444. The maximum Gasteiger partial charge on any atom is 0.310 e. The van der Waals surface area contributed by atoms with Gasteiger partial charge < -0.3 is 19.6 Å². The molecule has 8 atom stereocenters. The Kier molecular flexibility index (Phi) is 11.4. The monoisotopic (exact) mass is 612 g/mol. The lowest BCUT2D eigenvalue weighted by atomic mass is 9.71. The second-order valence-electron chi connectivity index (χ2n) is 10.9. The lowest BCUT2D eigenvalue weighted by Gasteiger charge is -2.41. The molecule has 0 saturated carbocycles. The van der Waals surface area contributed by atoms with Crippen molar-refractivity contribution in [1.82, 2.24) is 9.80 Å². The van der Waals surface area contributed by atoms with Crippen molar-refractivity contribution in [1.29, 1.82) is 0 Å². The minimum Gasteiger partial charge on any atom is -0.465 e. The molecule has 2 bridgehead atoms. The van der Waals surface area contributed by atoms with Gasteiger partial charge in [0.15, 0.2) is 0 Å². The number of amides is 2. The number of halogens is 1. The molecule has 38 heavy (non-hydrogen) atoms. The molecule has 3 aliphatic heterocycles. The van der Waals surface area contributed by atoms with Crippen molar-refractivity contribution in [3.8, 4) is 0 Å². The molecule has 7 nitrogen and oxygen atoms in total. The normalized spacial score (nSPS) is 31.1. The highest BCUT2D eigenvalue weighted by Gasteiger charge is 2.76. The van der Waals surface area contributed by atoms with Crippen molar-refractivity contribution < 1.29 is 24.2 Å². The predicted octanol–water partition coefficient (Wildman–Crippen LogP) is 4.57. The third-order valence-corrected chi connectivity index (χ3v) is 11.8. The van der Waals surface area contributed by atoms with Crippen LogP contribution in [0.3, 0.4) is 0 Å². The highest BCUT2D eigenvalue weighted by molar-refractivity contribution is 9.09. The largest absolute Gasteiger partial charge is 0.465 e. The summed E-state index contributed by atoms with van der Waals surface area (Å²) in [5, 5.41) is 10.3. The summed E-state index contributed by atoms with van der Waals surface area (Å²) in [6.07, 6.45) is 9.23. The van der Waals surface area contributed by atoms with Gasteiger partial charge in [-0.1, -0.05) is 61.7 Å². The van der Waals surface area contributed by atoms with E-state index in [9.17, 15) is 19.5 Å². The van der Waals surface area contributed by atoms with Crippen LogP contribution >= 0.6 is 27.7 Å². The van der Waals surface area contributed by atoms with Gasteiger partial charge in [0.25, 0.3) is 0 Å². The molecular formula is C29H45BrN2O5S. The van der Waals surface area contributed by atoms with Crippen LogP contribution in [0.4, 0.5) is 0 Å². The van der Waals surface area contributed by atoms with Gasteiger partial charge in [0, 0.05) is 23.2 Å². The van der Waals surface area contributed by atoms with Gasteiger partial charge in [-0.3, -0.25) is 14.4 Å². The van der Waals surface area contributed by atoms with Crippen LogP contribution in [-0.4, -0.2) is 85.9 Å². The summed E-state index contributed by atoms with van der Waals surface area (Å²) in [5.74, 6) is -1.92. The Morgan fingerprint density at radius 2 is 2.03 bits per heavy atom. The molecule has 3 aliphatic rings. The standard InChI is InChI=1S/C29H45BrN2O5S/c1-6-10-12-13-16-37-28(36)22-23-26(34)32(21(18-33)19(5)9-4)25(29(23)17-20(30)24(22)38-29)27(35)31(14-8-3)15-11-7-2/h6,8,19-25,33H,1,3,7,9-18H2,2,4-5H3/t19-,20?,21-,22+,23-,24+,25?,29?/m0/s1. The zero-order valence-electron chi connectivity index (χ0n) is 23.1. The summed E-state index contributed by atoms with van der Waals surface area (Å²) in [7, 11) is 0. The van der Waals surface area contributed by atoms with Crippen molar-refractivity contribution in [2.24, 2.45) is 17.8 Å². The highest BCUT2D eigenvalue weighted by Crippen LogP contribution is 2.68. The van der Waals surface area contributed by atoms with Crippen LogP contribution in [0.25, 0.3) is 0 Å². The van der Waals surface area contributed by atoms with Crippen LogP contribution in [-0.2, 0) is 19.1 Å². The molecule has 0 radical (unpaired) electrons. The SMILES string of the molecule is C=CCCCCOC(=O)[C@H]1[C@@H]2SC3(CC2Br)C(C(=O)N(CC=C)CCCC)N([C@@H](CO)[C@@H](C)CC)C(=O)[C@H]13. The van der Waals surface area contributed by atoms with Crippen molar-refractivity contribution in [2.45, 2.75) is 92.6 Å². The quantitative estimate of drug-likeness (QED) is 0.119. The molecule has 0 aromatic rings. The predicted molar refractivity (Wildman–Crippen MR) is 156 cm³/mol. The molecule has 0 aromatic carbocycles. The topological polar surface area (TPSA) is 87.2 Å².